The van der Waals surface area contributed by atoms with Crippen molar-refractivity contribution in [3.63, 3.8) is 0 Å². The quantitative estimate of drug-likeness (QED) is 0.312. The van der Waals surface area contributed by atoms with Gasteiger partial charge in [-0.2, -0.15) is 4.98 Å². The first-order valence-electron chi connectivity index (χ1n) is 13.1. The lowest BCUT2D eigenvalue weighted by Gasteiger charge is -2.29. The average molecular weight is 523 g/mol. The summed E-state index contributed by atoms with van der Waals surface area (Å²) in [5.74, 6) is 0.939. The van der Waals surface area contributed by atoms with Gasteiger partial charge in [0.15, 0.2) is 0 Å². The van der Waals surface area contributed by atoms with Crippen molar-refractivity contribution in [2.45, 2.75) is 53.9 Å². The molecule has 0 spiro atoms. The predicted molar refractivity (Wildman–Crippen MR) is 146 cm³/mol. The minimum Gasteiger partial charge on any atom is -0.339 e. The lowest BCUT2D eigenvalue weighted by atomic mass is 10.1. The lowest BCUT2D eigenvalue weighted by molar-refractivity contribution is -0.117. The monoisotopic (exact) mass is 522 g/mol. The van der Waals surface area contributed by atoms with Gasteiger partial charge in [-0.05, 0) is 55.3 Å². The van der Waals surface area contributed by atoms with Crippen molar-refractivity contribution in [2.75, 3.05) is 16.3 Å². The zero-order valence-corrected chi connectivity index (χ0v) is 21.6. The van der Waals surface area contributed by atoms with Crippen molar-refractivity contribution < 1.29 is 14.1 Å². The molecule has 190 valence electrons. The first-order chi connectivity index (χ1) is 18.7. The van der Waals surface area contributed by atoms with Crippen molar-refractivity contribution in [2.24, 2.45) is 0 Å². The molecule has 2 aliphatic heterocycles. The van der Waals surface area contributed by atoms with E-state index in [0.717, 1.165) is 58.0 Å². The average Bonchev–Trinajstić information content (AvgIpc) is 3.71. The molecule has 4 aromatic rings. The van der Waals surface area contributed by atoms with E-state index in [0.29, 0.717) is 24.7 Å². The zero-order valence-electron chi connectivity index (χ0n) is 20.7. The highest BCUT2D eigenvalue weighted by atomic mass is 32.2. The second kappa shape index (κ2) is 9.44. The van der Waals surface area contributed by atoms with E-state index in [4.69, 9.17) is 9.51 Å². The maximum Gasteiger partial charge on any atom is 0.259 e. The fourth-order valence-electron chi connectivity index (χ4n) is 5.80. The molecule has 2 amide bonds. The minimum absolute atomic E-state index is 0.0534. The second-order valence-corrected chi connectivity index (χ2v) is 11.2. The van der Waals surface area contributed by atoms with Crippen LogP contribution in [-0.2, 0) is 4.79 Å². The summed E-state index contributed by atoms with van der Waals surface area (Å²) in [6, 6.07) is 23.8. The number of nitrogens with zero attached hydrogens (tertiary/aromatic N) is 4. The van der Waals surface area contributed by atoms with Crippen LogP contribution in [-0.4, -0.2) is 34.5 Å². The fourth-order valence-corrected chi connectivity index (χ4v) is 6.90. The third-order valence-corrected chi connectivity index (χ3v) is 8.83. The van der Waals surface area contributed by atoms with E-state index in [1.807, 2.05) is 71.6 Å². The number of hydrogen-bond donors (Lipinski definition) is 0. The Labute approximate surface area is 224 Å². The molecule has 7 nitrogen and oxygen atoms in total. The first kappa shape index (κ1) is 23.2. The van der Waals surface area contributed by atoms with Gasteiger partial charge < -0.3 is 14.3 Å². The maximum absolute atomic E-state index is 13.7. The summed E-state index contributed by atoms with van der Waals surface area (Å²) in [6.45, 7) is 0.514. The normalized spacial score (nSPS) is 19.5. The van der Waals surface area contributed by atoms with Crippen LogP contribution in [0.1, 0.15) is 54.3 Å². The Kier molecular flexibility index (Phi) is 5.77. The highest BCUT2D eigenvalue weighted by Gasteiger charge is 2.36. The van der Waals surface area contributed by atoms with Crippen molar-refractivity contribution in [1.29, 1.82) is 0 Å². The molecule has 1 saturated carbocycles. The summed E-state index contributed by atoms with van der Waals surface area (Å²) >= 11 is 1.61. The highest BCUT2D eigenvalue weighted by molar-refractivity contribution is 7.99. The minimum atomic E-state index is -0.151. The molecule has 0 bridgehead atoms. The molecule has 7 rings (SSSR count). The van der Waals surface area contributed by atoms with E-state index in [1.165, 1.54) is 0 Å². The van der Waals surface area contributed by atoms with Gasteiger partial charge in [0.25, 0.3) is 5.91 Å². The van der Waals surface area contributed by atoms with Crippen molar-refractivity contribution in [3.8, 4) is 11.4 Å². The second-order valence-electron chi connectivity index (χ2n) is 10.1. The van der Waals surface area contributed by atoms with Gasteiger partial charge in [-0.15, -0.1) is 0 Å². The van der Waals surface area contributed by atoms with Crippen LogP contribution in [0, 0.1) is 0 Å². The number of benzene rings is 3. The first-order valence-corrected chi connectivity index (χ1v) is 13.9. The number of carbonyl (C=O) groups is 2. The number of hydrogen-bond acceptors (Lipinski definition) is 6. The third kappa shape index (κ3) is 4.00. The van der Waals surface area contributed by atoms with E-state index < -0.39 is 0 Å². The molecular formula is C30H26N4O3S. The number of rotatable bonds is 4. The molecule has 0 N–H and O–H groups in total. The standard InChI is InChI=1S/C30H26N4O3S/c35-27-17-20(18-33(27)21-8-2-1-3-9-21)29-31-28(32-37-29)19-14-15-24-26(16-19)38-25-13-7-6-12-23(25)30(36)34(24)22-10-4-5-11-22/h1-3,6-9,12-16,20,22H,4-5,10-11,17-18H2. The topological polar surface area (TPSA) is 79.5 Å². The van der Waals surface area contributed by atoms with Crippen molar-refractivity contribution in [3.05, 3.63) is 84.3 Å². The van der Waals surface area contributed by atoms with Gasteiger partial charge in [0.1, 0.15) is 0 Å². The van der Waals surface area contributed by atoms with Gasteiger partial charge in [0, 0.05) is 40.0 Å². The molecule has 1 atom stereocenters. The van der Waals surface area contributed by atoms with Gasteiger partial charge >= 0.3 is 0 Å². The van der Waals surface area contributed by atoms with Gasteiger partial charge in [0.05, 0.1) is 17.2 Å². The Balaban J connectivity index is 1.20. The van der Waals surface area contributed by atoms with Crippen LogP contribution < -0.4 is 9.80 Å². The van der Waals surface area contributed by atoms with Crippen LogP contribution >= 0.6 is 11.8 Å². The van der Waals surface area contributed by atoms with Gasteiger partial charge in [-0.3, -0.25) is 9.59 Å². The molecule has 1 aromatic heterocycles. The number of aromatic nitrogens is 2. The number of para-hydroxylation sites is 1. The molecule has 3 aromatic carbocycles. The van der Waals surface area contributed by atoms with E-state index in [-0.39, 0.29) is 23.8 Å². The van der Waals surface area contributed by atoms with Crippen LogP contribution in [0.25, 0.3) is 11.4 Å². The summed E-state index contributed by atoms with van der Waals surface area (Å²) in [4.78, 5) is 36.8. The smallest absolute Gasteiger partial charge is 0.259 e. The number of anilines is 2. The maximum atomic E-state index is 13.7. The van der Waals surface area contributed by atoms with Crippen LogP contribution in [0.15, 0.2) is 87.1 Å². The summed E-state index contributed by atoms with van der Waals surface area (Å²) < 4.78 is 5.67. The number of amides is 2. The summed E-state index contributed by atoms with van der Waals surface area (Å²) in [7, 11) is 0. The number of fused-ring (bicyclic) bond motifs is 2. The Morgan fingerprint density at radius 1 is 0.895 bits per heavy atom. The fraction of sp³-hybridized carbons (Fsp3) is 0.267. The van der Waals surface area contributed by atoms with Gasteiger partial charge in [-0.25, -0.2) is 0 Å². The molecule has 2 fully saturated rings. The van der Waals surface area contributed by atoms with Gasteiger partial charge in [0.2, 0.25) is 17.6 Å². The van der Waals surface area contributed by atoms with Crippen LogP contribution in [0.2, 0.25) is 0 Å². The van der Waals surface area contributed by atoms with Crippen LogP contribution in [0.3, 0.4) is 0 Å². The molecule has 1 aliphatic carbocycles. The Morgan fingerprint density at radius 2 is 1.68 bits per heavy atom. The molecule has 3 aliphatic rings. The molecule has 1 unspecified atom stereocenters. The van der Waals surface area contributed by atoms with Crippen LogP contribution in [0.5, 0.6) is 0 Å². The van der Waals surface area contributed by atoms with Crippen molar-refractivity contribution in [1.82, 2.24) is 10.1 Å². The van der Waals surface area contributed by atoms with E-state index >= 15 is 0 Å². The molecule has 38 heavy (non-hydrogen) atoms. The van der Waals surface area contributed by atoms with Crippen LogP contribution in [0.4, 0.5) is 11.4 Å². The molecule has 8 heteroatoms. The molecule has 0 radical (unpaired) electrons. The Hall–Kier alpha value is -3.91. The Bertz CT molecular complexity index is 1530. The van der Waals surface area contributed by atoms with E-state index in [1.54, 1.807) is 16.7 Å². The molecule has 3 heterocycles. The van der Waals surface area contributed by atoms with E-state index in [9.17, 15) is 9.59 Å². The summed E-state index contributed by atoms with van der Waals surface area (Å²) in [5.41, 5.74) is 3.39. The van der Waals surface area contributed by atoms with Crippen molar-refractivity contribution >= 4 is 35.0 Å². The largest absolute Gasteiger partial charge is 0.339 e. The predicted octanol–water partition coefficient (Wildman–Crippen LogP) is 6.31. The SMILES string of the molecule is O=C1CC(c2nc(-c3ccc4c(c3)Sc3ccccc3C(=O)N4C3CCCC3)no2)CN1c1ccccc1. The zero-order chi connectivity index (χ0) is 25.6. The third-order valence-electron chi connectivity index (χ3n) is 7.71. The summed E-state index contributed by atoms with van der Waals surface area (Å²) in [5, 5.41) is 4.28. The summed E-state index contributed by atoms with van der Waals surface area (Å²) in [6.07, 6.45) is 4.68. The van der Waals surface area contributed by atoms with E-state index in [2.05, 4.69) is 11.2 Å². The lowest BCUT2D eigenvalue weighted by Crippen LogP contribution is -2.39. The van der Waals surface area contributed by atoms with Gasteiger partial charge in [-0.1, -0.05) is 60.1 Å². The molecular weight excluding hydrogens is 496 g/mol. The highest BCUT2D eigenvalue weighted by Crippen LogP contribution is 2.45. The number of carbonyl (C=O) groups excluding carboxylic acids is 2. The Morgan fingerprint density at radius 3 is 2.53 bits per heavy atom. The molecule has 1 saturated heterocycles.